The molecule has 1 unspecified atom stereocenters. The van der Waals surface area contributed by atoms with Gasteiger partial charge in [-0.1, -0.05) is 34.2 Å². The summed E-state index contributed by atoms with van der Waals surface area (Å²) in [6.45, 7) is 0.325. The molecule has 1 aliphatic rings. The first-order valence-electron chi connectivity index (χ1n) is 7.71. The molecule has 2 aromatic carbocycles. The number of hydrogen-bond donors (Lipinski definition) is 1. The van der Waals surface area contributed by atoms with Crippen LogP contribution in [0.1, 0.15) is 22.7 Å². The molecule has 134 valence electrons. The average molecular weight is 366 g/mol. The highest BCUT2D eigenvalue weighted by Gasteiger charge is 2.32. The van der Waals surface area contributed by atoms with E-state index in [1.807, 2.05) is 47.3 Å². The third-order valence-corrected chi connectivity index (χ3v) is 4.67. The summed E-state index contributed by atoms with van der Waals surface area (Å²) in [7, 11) is -1.78. The van der Waals surface area contributed by atoms with E-state index in [1.54, 1.807) is 7.11 Å². The van der Waals surface area contributed by atoms with Crippen molar-refractivity contribution in [2.45, 2.75) is 12.5 Å². The minimum Gasteiger partial charge on any atom is -0.493 e. The van der Waals surface area contributed by atoms with E-state index < -0.39 is 16.5 Å². The lowest BCUT2D eigenvalue weighted by molar-refractivity contribution is 0.178. The predicted octanol–water partition coefficient (Wildman–Crippen LogP) is 2.37. The maximum Gasteiger partial charge on any atom is 0.385 e. The minimum atomic E-state index is -4.88. The summed E-state index contributed by atoms with van der Waals surface area (Å²) in [6.07, 6.45) is 0.543. The molecule has 1 heterocycles. The number of benzene rings is 2. The molecule has 0 amide bonds. The van der Waals surface area contributed by atoms with Crippen molar-refractivity contribution in [2.75, 3.05) is 20.8 Å². The van der Waals surface area contributed by atoms with E-state index in [4.69, 9.17) is 9.47 Å². The summed E-state index contributed by atoms with van der Waals surface area (Å²) >= 11 is 0. The summed E-state index contributed by atoms with van der Waals surface area (Å²) in [5.74, 6) is 1.14. The maximum absolute atomic E-state index is 13.3. The van der Waals surface area contributed by atoms with Crippen LogP contribution in [0.15, 0.2) is 42.5 Å². The fourth-order valence-corrected chi connectivity index (χ4v) is 3.66. The summed E-state index contributed by atoms with van der Waals surface area (Å²) in [6, 6.07) is 12.5. The molecule has 0 saturated heterocycles. The van der Waals surface area contributed by atoms with Crippen molar-refractivity contribution in [3.05, 3.63) is 59.2 Å². The van der Waals surface area contributed by atoms with Crippen molar-refractivity contribution in [2.24, 2.45) is 0 Å². The Kier molecular flexibility index (Phi) is 4.94. The third kappa shape index (κ3) is 3.76. The van der Waals surface area contributed by atoms with Gasteiger partial charge in [-0.25, -0.2) is 5.01 Å². The second-order valence-corrected chi connectivity index (χ2v) is 6.75. The van der Waals surface area contributed by atoms with Gasteiger partial charge in [0.15, 0.2) is 11.5 Å². The van der Waals surface area contributed by atoms with Gasteiger partial charge < -0.3 is 9.47 Å². The molecule has 2 aromatic rings. The second-order valence-electron chi connectivity index (χ2n) is 5.69. The Morgan fingerprint density at radius 2 is 1.76 bits per heavy atom. The fourth-order valence-electron chi connectivity index (χ4n) is 3.18. The zero-order valence-electron chi connectivity index (χ0n) is 13.9. The molecule has 1 N–H and O–H groups in total. The zero-order valence-corrected chi connectivity index (χ0v) is 14.7. The van der Waals surface area contributed by atoms with Crippen LogP contribution >= 0.6 is 0 Å². The topological polar surface area (TPSA) is 67.9 Å². The normalized spacial score (nSPS) is 17.8. The number of hydrazine groups is 1. The van der Waals surface area contributed by atoms with Crippen LogP contribution in [0.5, 0.6) is 11.5 Å². The third-order valence-electron chi connectivity index (χ3n) is 4.22. The SMILES string of the molecule is COc1cc2c(cc1OC)C(c1ccccc1)N(NS(=O)(=O)F)CC2. The number of hydrogen-bond acceptors (Lipinski definition) is 5. The largest absolute Gasteiger partial charge is 0.493 e. The lowest BCUT2D eigenvalue weighted by atomic mass is 9.89. The number of halogens is 1. The van der Waals surface area contributed by atoms with Crippen LogP contribution in [0.4, 0.5) is 3.89 Å². The van der Waals surface area contributed by atoms with E-state index in [9.17, 15) is 12.3 Å². The van der Waals surface area contributed by atoms with Crippen LogP contribution in [0.3, 0.4) is 0 Å². The van der Waals surface area contributed by atoms with Crippen LogP contribution in [-0.2, 0) is 16.8 Å². The predicted molar refractivity (Wildman–Crippen MR) is 91.4 cm³/mol. The molecule has 3 rings (SSSR count). The first-order valence-corrected chi connectivity index (χ1v) is 9.09. The first-order chi connectivity index (χ1) is 11.9. The number of fused-ring (bicyclic) bond motifs is 1. The molecule has 0 saturated carbocycles. The first kappa shape index (κ1) is 17.7. The lowest BCUT2D eigenvalue weighted by Gasteiger charge is -2.36. The Labute approximate surface area is 146 Å². The fraction of sp³-hybridized carbons (Fsp3) is 0.294. The zero-order chi connectivity index (χ0) is 18.0. The van der Waals surface area contributed by atoms with Gasteiger partial charge in [0.1, 0.15) is 0 Å². The van der Waals surface area contributed by atoms with Gasteiger partial charge in [-0.2, -0.15) is 8.42 Å². The standard InChI is InChI=1S/C17H19FN2O4S/c1-23-15-10-13-8-9-20(19-25(18,21)22)17(12-6-4-3-5-7-12)14(13)11-16(15)24-2/h3-7,10-11,17,19H,8-9H2,1-2H3. The number of rotatable bonds is 5. The monoisotopic (exact) mass is 366 g/mol. The highest BCUT2D eigenvalue weighted by molar-refractivity contribution is 7.84. The van der Waals surface area contributed by atoms with E-state index in [0.717, 1.165) is 16.7 Å². The summed E-state index contributed by atoms with van der Waals surface area (Å²) in [5.41, 5.74) is 2.68. The van der Waals surface area contributed by atoms with Crippen LogP contribution in [0.2, 0.25) is 0 Å². The van der Waals surface area contributed by atoms with E-state index in [0.29, 0.717) is 24.5 Å². The Hall–Kier alpha value is -2.16. The quantitative estimate of drug-likeness (QED) is 0.823. The minimum absolute atomic E-state index is 0.325. The van der Waals surface area contributed by atoms with Crippen LogP contribution in [0.25, 0.3) is 0 Å². The van der Waals surface area contributed by atoms with Gasteiger partial charge in [0.2, 0.25) is 0 Å². The molecule has 1 aliphatic heterocycles. The van der Waals surface area contributed by atoms with Crippen molar-refractivity contribution >= 4 is 10.4 Å². The second kappa shape index (κ2) is 6.99. The Morgan fingerprint density at radius 1 is 1.12 bits per heavy atom. The van der Waals surface area contributed by atoms with Gasteiger partial charge in [0.05, 0.1) is 20.3 Å². The molecule has 0 bridgehead atoms. The summed E-state index contributed by atoms with van der Waals surface area (Å²) < 4.78 is 46.3. The summed E-state index contributed by atoms with van der Waals surface area (Å²) in [4.78, 5) is 1.98. The number of methoxy groups -OCH3 is 2. The van der Waals surface area contributed by atoms with Crippen molar-refractivity contribution in [1.82, 2.24) is 9.84 Å². The van der Waals surface area contributed by atoms with E-state index >= 15 is 0 Å². The molecule has 0 spiro atoms. The average Bonchev–Trinajstić information content (AvgIpc) is 2.59. The highest BCUT2D eigenvalue weighted by Crippen LogP contribution is 2.40. The molecule has 0 aromatic heterocycles. The Balaban J connectivity index is 2.14. The number of nitrogens with one attached hydrogen (secondary N) is 1. The number of nitrogens with zero attached hydrogens (tertiary/aromatic N) is 1. The lowest BCUT2D eigenvalue weighted by Crippen LogP contribution is -2.47. The van der Waals surface area contributed by atoms with Gasteiger partial charge in [0.25, 0.3) is 0 Å². The van der Waals surface area contributed by atoms with Crippen LogP contribution in [-0.4, -0.2) is 34.2 Å². The van der Waals surface area contributed by atoms with Gasteiger partial charge in [-0.05, 0) is 35.2 Å². The van der Waals surface area contributed by atoms with Crippen molar-refractivity contribution in [3.63, 3.8) is 0 Å². The molecule has 0 radical (unpaired) electrons. The molecular weight excluding hydrogens is 347 g/mol. The van der Waals surface area contributed by atoms with Crippen molar-refractivity contribution < 1.29 is 21.8 Å². The summed E-state index contributed by atoms with van der Waals surface area (Å²) in [5, 5.41) is 1.39. The van der Waals surface area contributed by atoms with E-state index in [2.05, 4.69) is 0 Å². The molecule has 25 heavy (non-hydrogen) atoms. The van der Waals surface area contributed by atoms with Gasteiger partial charge in [0, 0.05) is 6.54 Å². The van der Waals surface area contributed by atoms with E-state index in [1.165, 1.54) is 12.1 Å². The van der Waals surface area contributed by atoms with E-state index in [-0.39, 0.29) is 0 Å². The van der Waals surface area contributed by atoms with Crippen molar-refractivity contribution in [3.8, 4) is 11.5 Å². The van der Waals surface area contributed by atoms with Gasteiger partial charge in [-0.3, -0.25) is 0 Å². The smallest absolute Gasteiger partial charge is 0.385 e. The van der Waals surface area contributed by atoms with Crippen molar-refractivity contribution in [1.29, 1.82) is 0 Å². The maximum atomic E-state index is 13.3. The van der Waals surface area contributed by atoms with Gasteiger partial charge in [-0.15, -0.1) is 4.83 Å². The molecule has 6 nitrogen and oxygen atoms in total. The highest BCUT2D eigenvalue weighted by atomic mass is 32.3. The van der Waals surface area contributed by atoms with Crippen LogP contribution in [0, 0.1) is 0 Å². The molecule has 8 heteroatoms. The van der Waals surface area contributed by atoms with Gasteiger partial charge >= 0.3 is 10.4 Å². The molecule has 0 fully saturated rings. The Morgan fingerprint density at radius 3 is 2.36 bits per heavy atom. The molecule has 0 aliphatic carbocycles. The Bertz CT molecular complexity index is 858. The molecule has 1 atom stereocenters. The van der Waals surface area contributed by atoms with Crippen LogP contribution < -0.4 is 14.3 Å². The number of ether oxygens (including phenoxy) is 2. The molecular formula is C17H19FN2O4S.